The highest BCUT2D eigenvalue weighted by molar-refractivity contribution is 5.75. The van der Waals surface area contributed by atoms with Gasteiger partial charge in [-0.1, -0.05) is 0 Å². The van der Waals surface area contributed by atoms with E-state index in [0.717, 1.165) is 12.8 Å². The number of carboxylic acids is 1. The number of hydrogen-bond donors (Lipinski definition) is 1. The average Bonchev–Trinajstić information content (AvgIpc) is 2.83. The highest BCUT2D eigenvalue weighted by atomic mass is 16.4. The van der Waals surface area contributed by atoms with Crippen LogP contribution in [0.15, 0.2) is 0 Å². The molecule has 0 unspecified atom stereocenters. The summed E-state index contributed by atoms with van der Waals surface area (Å²) < 4.78 is 1.41. The second-order valence-corrected chi connectivity index (χ2v) is 4.09. The molecule has 6 heteroatoms. The first kappa shape index (κ1) is 9.11. The Balaban J connectivity index is 2.39. The fourth-order valence-electron chi connectivity index (χ4n) is 1.28. The molecule has 1 aromatic heterocycles. The molecule has 76 valence electrons. The summed E-state index contributed by atoms with van der Waals surface area (Å²) in [7, 11) is 0. The number of tetrazole rings is 1. The fraction of sp³-hybridized carbons (Fsp3) is 0.750. The zero-order chi connectivity index (χ0) is 10.3. The molecular weight excluding hydrogens is 184 g/mol. The molecule has 0 bridgehead atoms. The van der Waals surface area contributed by atoms with Gasteiger partial charge in [0.1, 0.15) is 0 Å². The number of carbonyl (C=O) groups is 1. The van der Waals surface area contributed by atoms with Crippen LogP contribution in [0.2, 0.25) is 0 Å². The first-order chi connectivity index (χ1) is 6.53. The van der Waals surface area contributed by atoms with Crippen LogP contribution in [0.4, 0.5) is 0 Å². The number of rotatable bonds is 3. The van der Waals surface area contributed by atoms with Gasteiger partial charge in [-0.2, -0.15) is 0 Å². The van der Waals surface area contributed by atoms with E-state index in [1.807, 2.05) is 0 Å². The van der Waals surface area contributed by atoms with E-state index in [1.165, 1.54) is 4.68 Å². The van der Waals surface area contributed by atoms with E-state index in [0.29, 0.717) is 11.7 Å². The lowest BCUT2D eigenvalue weighted by Gasteiger charge is -2.20. The molecule has 1 N–H and O–H groups in total. The van der Waals surface area contributed by atoms with E-state index in [9.17, 15) is 4.79 Å². The summed E-state index contributed by atoms with van der Waals surface area (Å²) in [5.41, 5.74) is -1.07. The third-order valence-electron chi connectivity index (χ3n) is 2.49. The van der Waals surface area contributed by atoms with Gasteiger partial charge in [-0.3, -0.25) is 0 Å². The van der Waals surface area contributed by atoms with Crippen LogP contribution in [-0.4, -0.2) is 31.3 Å². The Labute approximate surface area is 80.9 Å². The Bertz CT molecular complexity index is 367. The van der Waals surface area contributed by atoms with E-state index in [-0.39, 0.29) is 0 Å². The summed E-state index contributed by atoms with van der Waals surface area (Å²) >= 11 is 0. The Morgan fingerprint density at radius 2 is 2.21 bits per heavy atom. The zero-order valence-electron chi connectivity index (χ0n) is 8.14. The largest absolute Gasteiger partial charge is 0.479 e. The van der Waals surface area contributed by atoms with Gasteiger partial charge in [0.2, 0.25) is 0 Å². The lowest BCUT2D eigenvalue weighted by molar-refractivity contribution is -0.146. The molecule has 1 aliphatic rings. The van der Waals surface area contributed by atoms with Crippen LogP contribution in [0.3, 0.4) is 0 Å². The summed E-state index contributed by atoms with van der Waals surface area (Å²) in [6.07, 6.45) is 2.10. The van der Waals surface area contributed by atoms with Crippen molar-refractivity contribution in [3.8, 4) is 0 Å². The van der Waals surface area contributed by atoms with Gasteiger partial charge in [-0.25, -0.2) is 9.48 Å². The Hall–Kier alpha value is -1.46. The maximum absolute atomic E-state index is 11.0. The number of hydrogen-bond acceptors (Lipinski definition) is 4. The highest BCUT2D eigenvalue weighted by Crippen LogP contribution is 2.39. The van der Waals surface area contributed by atoms with Gasteiger partial charge in [-0.05, 0) is 37.1 Å². The van der Waals surface area contributed by atoms with E-state index in [2.05, 4.69) is 15.5 Å². The second-order valence-electron chi connectivity index (χ2n) is 4.09. The maximum atomic E-state index is 11.0. The molecule has 0 amide bonds. The first-order valence-electron chi connectivity index (χ1n) is 4.55. The molecule has 14 heavy (non-hydrogen) atoms. The van der Waals surface area contributed by atoms with E-state index >= 15 is 0 Å². The smallest absolute Gasteiger partial charge is 0.331 e. The van der Waals surface area contributed by atoms with Gasteiger partial charge in [0.25, 0.3) is 0 Å². The van der Waals surface area contributed by atoms with Crippen molar-refractivity contribution in [3.05, 3.63) is 5.82 Å². The highest BCUT2D eigenvalue weighted by Gasteiger charge is 2.38. The summed E-state index contributed by atoms with van der Waals surface area (Å²) in [6.45, 7) is 3.19. The first-order valence-corrected chi connectivity index (χ1v) is 4.55. The molecule has 2 rings (SSSR count). The predicted octanol–water partition coefficient (Wildman–Crippen LogP) is 0.370. The van der Waals surface area contributed by atoms with Gasteiger partial charge in [0.15, 0.2) is 11.4 Å². The minimum Gasteiger partial charge on any atom is -0.479 e. The van der Waals surface area contributed by atoms with Crippen LogP contribution >= 0.6 is 0 Å². The molecule has 1 aliphatic carbocycles. The Morgan fingerprint density at radius 3 is 2.71 bits per heavy atom. The molecule has 0 spiro atoms. The molecule has 0 aliphatic heterocycles. The minimum atomic E-state index is -1.07. The molecule has 0 atom stereocenters. The van der Waals surface area contributed by atoms with Gasteiger partial charge < -0.3 is 5.11 Å². The molecule has 0 aromatic carbocycles. The van der Waals surface area contributed by atoms with Crippen molar-refractivity contribution < 1.29 is 9.90 Å². The van der Waals surface area contributed by atoms with Crippen molar-refractivity contribution in [1.82, 2.24) is 20.2 Å². The van der Waals surface area contributed by atoms with Crippen LogP contribution in [0.1, 0.15) is 38.4 Å². The standard InChI is InChI=1S/C8H12N4O2/c1-8(2,7(13)14)12-6(5-3-4-5)9-10-11-12/h5H,3-4H2,1-2H3,(H,13,14). The third-order valence-corrected chi connectivity index (χ3v) is 2.49. The van der Waals surface area contributed by atoms with Crippen molar-refractivity contribution >= 4 is 5.97 Å². The van der Waals surface area contributed by atoms with E-state index in [4.69, 9.17) is 5.11 Å². The summed E-state index contributed by atoms with van der Waals surface area (Å²) in [5, 5.41) is 20.2. The van der Waals surface area contributed by atoms with Crippen LogP contribution in [0, 0.1) is 0 Å². The summed E-state index contributed by atoms with van der Waals surface area (Å²) in [6, 6.07) is 0. The molecular formula is C8H12N4O2. The number of carboxylic acid groups (broad SMARTS) is 1. The van der Waals surface area contributed by atoms with E-state index < -0.39 is 11.5 Å². The van der Waals surface area contributed by atoms with Crippen molar-refractivity contribution in [2.75, 3.05) is 0 Å². The van der Waals surface area contributed by atoms with Crippen LogP contribution < -0.4 is 0 Å². The molecule has 1 heterocycles. The average molecular weight is 196 g/mol. The number of aliphatic carboxylic acids is 1. The van der Waals surface area contributed by atoms with Crippen LogP contribution in [-0.2, 0) is 10.3 Å². The number of nitrogens with zero attached hydrogens (tertiary/aromatic N) is 4. The van der Waals surface area contributed by atoms with Crippen molar-refractivity contribution in [2.24, 2.45) is 0 Å². The molecule has 1 aromatic rings. The van der Waals surface area contributed by atoms with Gasteiger partial charge in [-0.15, -0.1) is 5.10 Å². The van der Waals surface area contributed by atoms with Gasteiger partial charge >= 0.3 is 5.97 Å². The topological polar surface area (TPSA) is 80.9 Å². The molecule has 6 nitrogen and oxygen atoms in total. The molecule has 0 saturated heterocycles. The zero-order valence-corrected chi connectivity index (χ0v) is 8.14. The summed E-state index contributed by atoms with van der Waals surface area (Å²) in [5.74, 6) is 0.118. The van der Waals surface area contributed by atoms with Crippen LogP contribution in [0.5, 0.6) is 0 Å². The Kier molecular flexibility index (Phi) is 1.80. The van der Waals surface area contributed by atoms with E-state index in [1.54, 1.807) is 13.8 Å². The second kappa shape index (κ2) is 2.76. The van der Waals surface area contributed by atoms with Gasteiger partial charge in [0, 0.05) is 5.92 Å². The SMILES string of the molecule is CC(C)(C(=O)O)n1nnnc1C1CC1. The third kappa shape index (κ3) is 1.26. The molecule has 1 fully saturated rings. The lowest BCUT2D eigenvalue weighted by atomic mass is 10.1. The van der Waals surface area contributed by atoms with Gasteiger partial charge in [0.05, 0.1) is 0 Å². The fourth-order valence-corrected chi connectivity index (χ4v) is 1.28. The predicted molar refractivity (Wildman–Crippen MR) is 46.7 cm³/mol. The van der Waals surface area contributed by atoms with Crippen molar-refractivity contribution in [3.63, 3.8) is 0 Å². The monoisotopic (exact) mass is 196 g/mol. The molecule has 0 radical (unpaired) electrons. The van der Waals surface area contributed by atoms with Crippen molar-refractivity contribution in [1.29, 1.82) is 0 Å². The summed E-state index contributed by atoms with van der Waals surface area (Å²) in [4.78, 5) is 11.0. The quantitative estimate of drug-likeness (QED) is 0.755. The Morgan fingerprint density at radius 1 is 1.57 bits per heavy atom. The maximum Gasteiger partial charge on any atom is 0.331 e. The normalized spacial score (nSPS) is 17.0. The lowest BCUT2D eigenvalue weighted by Crippen LogP contribution is -2.37. The molecule has 1 saturated carbocycles. The van der Waals surface area contributed by atoms with Crippen molar-refractivity contribution in [2.45, 2.75) is 38.1 Å². The number of aromatic nitrogens is 4. The van der Waals surface area contributed by atoms with Crippen LogP contribution in [0.25, 0.3) is 0 Å². The minimum absolute atomic E-state index is 0.351.